The van der Waals surface area contributed by atoms with E-state index in [-0.39, 0.29) is 18.1 Å². The standard InChI is InChI=1S/C12H11FN2O2/c13-9-4-2-1-3-8(9)7-15-10-5-6-14-11(10)12(16)17/h1-6,14-15H,7H2,(H,16,17). The van der Waals surface area contributed by atoms with E-state index in [1.807, 2.05) is 0 Å². The van der Waals surface area contributed by atoms with Crippen molar-refractivity contribution in [2.75, 3.05) is 5.32 Å². The zero-order valence-electron chi connectivity index (χ0n) is 8.90. The van der Waals surface area contributed by atoms with Crippen molar-refractivity contribution in [1.82, 2.24) is 4.98 Å². The number of aromatic amines is 1. The molecule has 17 heavy (non-hydrogen) atoms. The number of halogens is 1. The summed E-state index contributed by atoms with van der Waals surface area (Å²) in [6.45, 7) is 0.241. The Morgan fingerprint density at radius 2 is 2.12 bits per heavy atom. The second-order valence-corrected chi connectivity index (χ2v) is 3.52. The molecule has 0 bridgehead atoms. The number of H-pyrrole nitrogens is 1. The van der Waals surface area contributed by atoms with Gasteiger partial charge in [-0.2, -0.15) is 0 Å². The van der Waals surface area contributed by atoms with Gasteiger partial charge >= 0.3 is 5.97 Å². The largest absolute Gasteiger partial charge is 0.477 e. The first-order valence-corrected chi connectivity index (χ1v) is 5.06. The maximum atomic E-state index is 13.3. The van der Waals surface area contributed by atoms with E-state index in [2.05, 4.69) is 10.3 Å². The molecular formula is C12H11FN2O2. The van der Waals surface area contributed by atoms with Gasteiger partial charge in [0.1, 0.15) is 11.5 Å². The van der Waals surface area contributed by atoms with Gasteiger partial charge in [0.05, 0.1) is 5.69 Å². The fraction of sp³-hybridized carbons (Fsp3) is 0.0833. The zero-order valence-corrected chi connectivity index (χ0v) is 8.90. The molecule has 0 unspecified atom stereocenters. The molecule has 0 aliphatic carbocycles. The second-order valence-electron chi connectivity index (χ2n) is 3.52. The number of nitrogens with one attached hydrogen (secondary N) is 2. The molecule has 2 rings (SSSR count). The van der Waals surface area contributed by atoms with Gasteiger partial charge in [0.25, 0.3) is 0 Å². The Kier molecular flexibility index (Phi) is 3.09. The van der Waals surface area contributed by atoms with Crippen LogP contribution in [-0.2, 0) is 6.54 Å². The summed E-state index contributed by atoms with van der Waals surface area (Å²) in [6.07, 6.45) is 1.52. The molecule has 0 saturated carbocycles. The molecule has 4 nitrogen and oxygen atoms in total. The summed E-state index contributed by atoms with van der Waals surface area (Å²) in [7, 11) is 0. The summed E-state index contributed by atoms with van der Waals surface area (Å²) in [5.41, 5.74) is 1.01. The van der Waals surface area contributed by atoms with E-state index < -0.39 is 5.97 Å². The second kappa shape index (κ2) is 4.69. The van der Waals surface area contributed by atoms with Gasteiger partial charge in [0, 0.05) is 18.3 Å². The Morgan fingerprint density at radius 1 is 1.35 bits per heavy atom. The van der Waals surface area contributed by atoms with Gasteiger partial charge in [0.2, 0.25) is 0 Å². The Bertz CT molecular complexity index is 537. The number of aromatic nitrogens is 1. The van der Waals surface area contributed by atoms with Crippen LogP contribution in [0.5, 0.6) is 0 Å². The van der Waals surface area contributed by atoms with E-state index >= 15 is 0 Å². The van der Waals surface area contributed by atoms with Crippen LogP contribution < -0.4 is 5.32 Å². The normalized spacial score (nSPS) is 10.2. The number of carboxylic acids is 1. The predicted octanol–water partition coefficient (Wildman–Crippen LogP) is 2.46. The predicted molar refractivity (Wildman–Crippen MR) is 61.5 cm³/mol. The molecule has 0 spiro atoms. The lowest BCUT2D eigenvalue weighted by molar-refractivity contribution is 0.0692. The summed E-state index contributed by atoms with van der Waals surface area (Å²) < 4.78 is 13.3. The van der Waals surface area contributed by atoms with Crippen LogP contribution in [0.15, 0.2) is 36.5 Å². The van der Waals surface area contributed by atoms with Crippen LogP contribution in [0, 0.1) is 5.82 Å². The lowest BCUT2D eigenvalue weighted by Gasteiger charge is -2.06. The maximum absolute atomic E-state index is 13.3. The molecule has 88 valence electrons. The first kappa shape index (κ1) is 11.2. The number of carboxylic acid groups (broad SMARTS) is 1. The van der Waals surface area contributed by atoms with Gasteiger partial charge in [-0.1, -0.05) is 18.2 Å². The SMILES string of the molecule is O=C(O)c1[nH]ccc1NCc1ccccc1F. The zero-order chi connectivity index (χ0) is 12.3. The molecule has 0 aliphatic heterocycles. The third-order valence-corrected chi connectivity index (χ3v) is 2.39. The molecule has 1 aromatic heterocycles. The first-order chi connectivity index (χ1) is 8.18. The lowest BCUT2D eigenvalue weighted by atomic mass is 10.2. The molecular weight excluding hydrogens is 223 g/mol. The molecule has 3 N–H and O–H groups in total. The third-order valence-electron chi connectivity index (χ3n) is 2.39. The number of hydrogen-bond acceptors (Lipinski definition) is 2. The van der Waals surface area contributed by atoms with Crippen molar-refractivity contribution in [1.29, 1.82) is 0 Å². The van der Waals surface area contributed by atoms with Gasteiger partial charge in [-0.3, -0.25) is 0 Å². The average Bonchev–Trinajstić information content (AvgIpc) is 2.76. The molecule has 1 aromatic carbocycles. The molecule has 0 aliphatic rings. The van der Waals surface area contributed by atoms with Crippen molar-refractivity contribution in [2.24, 2.45) is 0 Å². The molecule has 0 radical (unpaired) electrons. The lowest BCUT2D eigenvalue weighted by Crippen LogP contribution is -2.06. The molecule has 2 aromatic rings. The van der Waals surface area contributed by atoms with E-state index in [4.69, 9.17) is 5.11 Å². The van der Waals surface area contributed by atoms with Crippen molar-refractivity contribution in [3.05, 3.63) is 53.6 Å². The molecule has 0 atom stereocenters. The highest BCUT2D eigenvalue weighted by molar-refractivity contribution is 5.92. The van der Waals surface area contributed by atoms with Crippen molar-refractivity contribution >= 4 is 11.7 Å². The Labute approximate surface area is 97.1 Å². The number of anilines is 1. The fourth-order valence-corrected chi connectivity index (χ4v) is 1.53. The molecule has 0 amide bonds. The van der Waals surface area contributed by atoms with Crippen molar-refractivity contribution < 1.29 is 14.3 Å². The van der Waals surface area contributed by atoms with E-state index in [0.29, 0.717) is 11.3 Å². The smallest absolute Gasteiger partial charge is 0.354 e. The minimum atomic E-state index is -1.05. The Balaban J connectivity index is 2.10. The Hall–Kier alpha value is -2.30. The minimum absolute atomic E-state index is 0.0707. The van der Waals surface area contributed by atoms with Crippen molar-refractivity contribution in [3.63, 3.8) is 0 Å². The summed E-state index contributed by atoms with van der Waals surface area (Å²) >= 11 is 0. The molecule has 5 heteroatoms. The topological polar surface area (TPSA) is 65.1 Å². The summed E-state index contributed by atoms with van der Waals surface area (Å²) in [5.74, 6) is -1.36. The van der Waals surface area contributed by atoms with Gasteiger partial charge in [-0.25, -0.2) is 9.18 Å². The highest BCUT2D eigenvalue weighted by atomic mass is 19.1. The van der Waals surface area contributed by atoms with Crippen LogP contribution >= 0.6 is 0 Å². The van der Waals surface area contributed by atoms with E-state index in [9.17, 15) is 9.18 Å². The van der Waals surface area contributed by atoms with E-state index in [1.165, 1.54) is 12.3 Å². The number of hydrogen-bond donors (Lipinski definition) is 3. The van der Waals surface area contributed by atoms with Gasteiger partial charge in [-0.05, 0) is 12.1 Å². The maximum Gasteiger partial charge on any atom is 0.354 e. The highest BCUT2D eigenvalue weighted by Gasteiger charge is 2.10. The fourth-order valence-electron chi connectivity index (χ4n) is 1.53. The monoisotopic (exact) mass is 234 g/mol. The number of aromatic carboxylic acids is 1. The van der Waals surface area contributed by atoms with Gasteiger partial charge < -0.3 is 15.4 Å². The summed E-state index contributed by atoms with van der Waals surface area (Å²) in [4.78, 5) is 13.4. The summed E-state index contributed by atoms with van der Waals surface area (Å²) in [6, 6.07) is 7.96. The highest BCUT2D eigenvalue weighted by Crippen LogP contribution is 2.15. The quantitative estimate of drug-likeness (QED) is 0.761. The van der Waals surface area contributed by atoms with Crippen LogP contribution in [0.4, 0.5) is 10.1 Å². The van der Waals surface area contributed by atoms with Crippen LogP contribution in [0.2, 0.25) is 0 Å². The van der Waals surface area contributed by atoms with Crippen LogP contribution in [-0.4, -0.2) is 16.1 Å². The minimum Gasteiger partial charge on any atom is -0.477 e. The van der Waals surface area contributed by atoms with Crippen molar-refractivity contribution in [3.8, 4) is 0 Å². The van der Waals surface area contributed by atoms with Gasteiger partial charge in [-0.15, -0.1) is 0 Å². The van der Waals surface area contributed by atoms with E-state index in [0.717, 1.165) is 0 Å². The number of benzene rings is 1. The number of carbonyl (C=O) groups is 1. The molecule has 1 heterocycles. The third kappa shape index (κ3) is 2.44. The average molecular weight is 234 g/mol. The summed E-state index contributed by atoms with van der Waals surface area (Å²) in [5, 5.41) is 11.7. The van der Waals surface area contributed by atoms with E-state index in [1.54, 1.807) is 24.3 Å². The molecule has 0 fully saturated rings. The van der Waals surface area contributed by atoms with Crippen LogP contribution in [0.25, 0.3) is 0 Å². The van der Waals surface area contributed by atoms with Crippen molar-refractivity contribution in [2.45, 2.75) is 6.54 Å². The Morgan fingerprint density at radius 3 is 2.82 bits per heavy atom. The van der Waals surface area contributed by atoms with Crippen LogP contribution in [0.1, 0.15) is 16.1 Å². The molecule has 0 saturated heterocycles. The van der Waals surface area contributed by atoms with Crippen LogP contribution in [0.3, 0.4) is 0 Å². The first-order valence-electron chi connectivity index (χ1n) is 5.06. The number of rotatable bonds is 4. The van der Waals surface area contributed by atoms with Gasteiger partial charge in [0.15, 0.2) is 0 Å².